The van der Waals surface area contributed by atoms with Crippen molar-refractivity contribution in [2.75, 3.05) is 13.9 Å². The number of amides is 1. The molecular formula is C17H18N2O6S. The number of primary sulfonamides is 1. The molecule has 9 heteroatoms. The van der Waals surface area contributed by atoms with Crippen molar-refractivity contribution in [3.8, 4) is 17.2 Å². The summed E-state index contributed by atoms with van der Waals surface area (Å²) in [6.07, 6.45) is 0. The predicted molar refractivity (Wildman–Crippen MR) is 92.8 cm³/mol. The highest BCUT2D eigenvalue weighted by Gasteiger charge is 2.21. The maximum Gasteiger partial charge on any atom is 0.255 e. The van der Waals surface area contributed by atoms with Crippen LogP contribution in [0.25, 0.3) is 0 Å². The highest BCUT2D eigenvalue weighted by molar-refractivity contribution is 7.89. The van der Waals surface area contributed by atoms with Gasteiger partial charge in [0.15, 0.2) is 11.5 Å². The third-order valence-electron chi connectivity index (χ3n) is 3.99. The molecule has 0 bridgehead atoms. The fraction of sp³-hybridized carbons (Fsp3) is 0.235. The summed E-state index contributed by atoms with van der Waals surface area (Å²) in [5.74, 6) is 1.01. The first-order chi connectivity index (χ1) is 12.3. The molecule has 2 aromatic rings. The number of nitrogens with two attached hydrogens (primary N) is 1. The van der Waals surface area contributed by atoms with Gasteiger partial charge < -0.3 is 19.5 Å². The van der Waals surface area contributed by atoms with E-state index in [1.807, 2.05) is 6.07 Å². The van der Waals surface area contributed by atoms with Gasteiger partial charge in [0.25, 0.3) is 5.91 Å². The van der Waals surface area contributed by atoms with Gasteiger partial charge >= 0.3 is 0 Å². The van der Waals surface area contributed by atoms with E-state index in [1.165, 1.54) is 25.3 Å². The summed E-state index contributed by atoms with van der Waals surface area (Å²) < 4.78 is 38.8. The molecule has 0 aliphatic carbocycles. The average molecular weight is 378 g/mol. The molecule has 0 radical (unpaired) electrons. The van der Waals surface area contributed by atoms with E-state index < -0.39 is 15.9 Å². The Morgan fingerprint density at radius 3 is 2.62 bits per heavy atom. The van der Waals surface area contributed by atoms with Crippen molar-refractivity contribution in [1.29, 1.82) is 0 Å². The van der Waals surface area contributed by atoms with Crippen LogP contribution in [0.1, 0.15) is 28.9 Å². The van der Waals surface area contributed by atoms with Crippen molar-refractivity contribution in [2.45, 2.75) is 17.9 Å². The zero-order valence-corrected chi connectivity index (χ0v) is 15.0. The first kappa shape index (κ1) is 18.0. The lowest BCUT2D eigenvalue weighted by atomic mass is 10.1. The maximum atomic E-state index is 12.6. The summed E-state index contributed by atoms with van der Waals surface area (Å²) in [5.41, 5.74) is 0.885. The molecule has 0 fully saturated rings. The Balaban J connectivity index is 1.85. The van der Waals surface area contributed by atoms with Crippen molar-refractivity contribution < 1.29 is 27.4 Å². The van der Waals surface area contributed by atoms with Crippen molar-refractivity contribution in [3.05, 3.63) is 47.5 Å². The Morgan fingerprint density at radius 1 is 1.19 bits per heavy atom. The third kappa shape index (κ3) is 3.58. The zero-order chi connectivity index (χ0) is 18.9. The molecule has 26 heavy (non-hydrogen) atoms. The molecule has 0 aromatic heterocycles. The van der Waals surface area contributed by atoms with Gasteiger partial charge in [-0.1, -0.05) is 6.07 Å². The molecule has 0 spiro atoms. The zero-order valence-electron chi connectivity index (χ0n) is 14.2. The Labute approximate surface area is 150 Å². The number of nitrogens with one attached hydrogen (secondary N) is 1. The number of ether oxygens (including phenoxy) is 3. The van der Waals surface area contributed by atoms with E-state index >= 15 is 0 Å². The predicted octanol–water partition coefficient (Wildman–Crippen LogP) is 1.56. The minimum absolute atomic E-state index is 0.0756. The Kier molecular flexibility index (Phi) is 4.75. The van der Waals surface area contributed by atoms with Gasteiger partial charge in [-0.25, -0.2) is 13.6 Å². The highest BCUT2D eigenvalue weighted by atomic mass is 32.2. The fourth-order valence-corrected chi connectivity index (χ4v) is 3.12. The number of fused-ring (bicyclic) bond motifs is 1. The second-order valence-corrected chi connectivity index (χ2v) is 7.28. The second-order valence-electron chi connectivity index (χ2n) is 5.71. The van der Waals surface area contributed by atoms with E-state index in [0.29, 0.717) is 11.5 Å². The molecule has 1 aliphatic heterocycles. The molecule has 2 aromatic carbocycles. The van der Waals surface area contributed by atoms with Gasteiger partial charge in [0.1, 0.15) is 5.75 Å². The summed E-state index contributed by atoms with van der Waals surface area (Å²) in [6.45, 7) is 1.96. The molecule has 138 valence electrons. The van der Waals surface area contributed by atoms with Gasteiger partial charge in [-0.2, -0.15) is 0 Å². The summed E-state index contributed by atoms with van der Waals surface area (Å²) in [4.78, 5) is 12.5. The van der Waals surface area contributed by atoms with Gasteiger partial charge in [0, 0.05) is 0 Å². The number of carbonyl (C=O) groups excluding carboxylic acids is 1. The van der Waals surface area contributed by atoms with Crippen LogP contribution in [-0.4, -0.2) is 28.2 Å². The molecule has 1 aliphatic rings. The van der Waals surface area contributed by atoms with Gasteiger partial charge in [-0.05, 0) is 42.8 Å². The van der Waals surface area contributed by atoms with E-state index in [0.717, 1.165) is 5.56 Å². The molecule has 0 saturated carbocycles. The van der Waals surface area contributed by atoms with Gasteiger partial charge in [0.05, 0.1) is 23.6 Å². The van der Waals surface area contributed by atoms with Crippen LogP contribution in [0.3, 0.4) is 0 Å². The Hall–Kier alpha value is -2.78. The smallest absolute Gasteiger partial charge is 0.255 e. The van der Waals surface area contributed by atoms with E-state index in [-0.39, 0.29) is 29.0 Å². The SMILES string of the molecule is COc1ccc(S(N)(=O)=O)cc1C(=O)N[C@H](C)c1ccc2c(c1)OCO2. The number of hydrogen-bond donors (Lipinski definition) is 2. The van der Waals surface area contributed by atoms with Gasteiger partial charge in [-0.15, -0.1) is 0 Å². The Morgan fingerprint density at radius 2 is 1.92 bits per heavy atom. The molecule has 1 amide bonds. The lowest BCUT2D eigenvalue weighted by Crippen LogP contribution is -2.27. The van der Waals surface area contributed by atoms with Gasteiger partial charge in [-0.3, -0.25) is 4.79 Å². The van der Waals surface area contributed by atoms with Gasteiger partial charge in [0.2, 0.25) is 16.8 Å². The molecule has 1 heterocycles. The quantitative estimate of drug-likeness (QED) is 0.815. The highest BCUT2D eigenvalue weighted by Crippen LogP contribution is 2.34. The summed E-state index contributed by atoms with van der Waals surface area (Å²) in [7, 11) is -2.54. The summed E-state index contributed by atoms with van der Waals surface area (Å²) in [5, 5.41) is 7.94. The molecule has 3 rings (SSSR count). The molecule has 0 unspecified atom stereocenters. The maximum absolute atomic E-state index is 12.6. The van der Waals surface area contributed by atoms with Crippen LogP contribution in [0.5, 0.6) is 17.2 Å². The van der Waals surface area contributed by atoms with E-state index in [9.17, 15) is 13.2 Å². The first-order valence-corrected chi connectivity index (χ1v) is 9.25. The number of benzene rings is 2. The lowest BCUT2D eigenvalue weighted by molar-refractivity contribution is 0.0936. The number of hydrogen-bond acceptors (Lipinski definition) is 6. The van der Waals surface area contributed by atoms with E-state index in [1.54, 1.807) is 19.1 Å². The first-order valence-electron chi connectivity index (χ1n) is 7.71. The van der Waals surface area contributed by atoms with Crippen LogP contribution in [0.15, 0.2) is 41.3 Å². The van der Waals surface area contributed by atoms with E-state index in [4.69, 9.17) is 19.3 Å². The summed E-state index contributed by atoms with van der Waals surface area (Å²) in [6, 6.07) is 8.87. The average Bonchev–Trinajstić information content (AvgIpc) is 3.07. The minimum atomic E-state index is -3.94. The van der Waals surface area contributed by atoms with E-state index in [2.05, 4.69) is 5.32 Å². The van der Waals surface area contributed by atoms with Crippen LogP contribution in [0, 0.1) is 0 Å². The molecule has 1 atom stereocenters. The second kappa shape index (κ2) is 6.85. The van der Waals surface area contributed by atoms with Crippen molar-refractivity contribution in [1.82, 2.24) is 5.32 Å². The van der Waals surface area contributed by atoms with Crippen molar-refractivity contribution in [2.24, 2.45) is 5.14 Å². The molecule has 3 N–H and O–H groups in total. The summed E-state index contributed by atoms with van der Waals surface area (Å²) >= 11 is 0. The number of methoxy groups -OCH3 is 1. The van der Waals surface area contributed by atoms with Crippen LogP contribution in [-0.2, 0) is 10.0 Å². The number of sulfonamides is 1. The number of rotatable bonds is 5. The van der Waals surface area contributed by atoms with Crippen molar-refractivity contribution >= 4 is 15.9 Å². The minimum Gasteiger partial charge on any atom is -0.496 e. The largest absolute Gasteiger partial charge is 0.496 e. The molecular weight excluding hydrogens is 360 g/mol. The van der Waals surface area contributed by atoms with Crippen molar-refractivity contribution in [3.63, 3.8) is 0 Å². The monoisotopic (exact) mass is 378 g/mol. The van der Waals surface area contributed by atoms with Crippen LogP contribution < -0.4 is 24.7 Å². The standard InChI is InChI=1S/C17H18N2O6S/c1-10(11-3-5-15-16(7-11)25-9-24-15)19-17(20)13-8-12(26(18,21)22)4-6-14(13)23-2/h3-8,10H,9H2,1-2H3,(H,19,20)(H2,18,21,22)/t10-/m1/s1. The molecule has 8 nitrogen and oxygen atoms in total. The number of carbonyl (C=O) groups is 1. The van der Waals surface area contributed by atoms with Crippen LogP contribution in [0.2, 0.25) is 0 Å². The lowest BCUT2D eigenvalue weighted by Gasteiger charge is -2.16. The molecule has 0 saturated heterocycles. The van der Waals surface area contributed by atoms with Crippen LogP contribution in [0.4, 0.5) is 0 Å². The topological polar surface area (TPSA) is 117 Å². The Bertz CT molecular complexity index is 958. The normalized spacial score (nSPS) is 14.0. The fourth-order valence-electron chi connectivity index (χ4n) is 2.58. The third-order valence-corrected chi connectivity index (χ3v) is 4.90. The van der Waals surface area contributed by atoms with Crippen LogP contribution >= 0.6 is 0 Å².